The van der Waals surface area contributed by atoms with Crippen molar-refractivity contribution in [3.8, 4) is 0 Å². The predicted octanol–water partition coefficient (Wildman–Crippen LogP) is 1.91. The Bertz CT molecular complexity index is 501. The smallest absolute Gasteiger partial charge is 0.287 e. The third kappa shape index (κ3) is 4.69. The van der Waals surface area contributed by atoms with Crippen LogP contribution in [-0.4, -0.2) is 42.8 Å². The number of nitrogens with one attached hydrogen (secondary N) is 1. The number of hydrogen-bond acceptors (Lipinski definition) is 5. The molecule has 1 aliphatic rings. The largest absolute Gasteiger partial charge is 0.383 e. The van der Waals surface area contributed by atoms with Gasteiger partial charge in [0.2, 0.25) is 0 Å². The molecule has 6 nitrogen and oxygen atoms in total. The van der Waals surface area contributed by atoms with E-state index in [0.29, 0.717) is 38.1 Å². The molecule has 2 rings (SSSR count). The number of ether oxygens (including phenoxy) is 2. The maximum absolute atomic E-state index is 12.0. The summed E-state index contributed by atoms with van der Waals surface area (Å²) in [5.74, 6) is 0. The standard InChI is InChI=1S/C14H22ClN3O3/c1-20-9-7-18-14(19)13(15)12(10-17-18)16-6-8-21-11-4-2-3-5-11/h10-11,16H,2-9H2,1H3. The van der Waals surface area contributed by atoms with E-state index < -0.39 is 0 Å². The Morgan fingerprint density at radius 3 is 2.90 bits per heavy atom. The lowest BCUT2D eigenvalue weighted by Gasteiger charge is -2.13. The van der Waals surface area contributed by atoms with Crippen molar-refractivity contribution in [1.82, 2.24) is 9.78 Å². The Hall–Kier alpha value is -1.11. The highest BCUT2D eigenvalue weighted by molar-refractivity contribution is 6.32. The van der Waals surface area contributed by atoms with Gasteiger partial charge in [-0.25, -0.2) is 4.68 Å². The van der Waals surface area contributed by atoms with Crippen LogP contribution in [0.4, 0.5) is 5.69 Å². The van der Waals surface area contributed by atoms with Gasteiger partial charge in [0.1, 0.15) is 5.02 Å². The predicted molar refractivity (Wildman–Crippen MR) is 82.1 cm³/mol. The van der Waals surface area contributed by atoms with Crippen molar-refractivity contribution in [2.45, 2.75) is 38.3 Å². The van der Waals surface area contributed by atoms with Crippen molar-refractivity contribution in [1.29, 1.82) is 0 Å². The van der Waals surface area contributed by atoms with E-state index in [1.807, 2.05) is 0 Å². The van der Waals surface area contributed by atoms with Gasteiger partial charge in [0.25, 0.3) is 5.56 Å². The third-order valence-electron chi connectivity index (χ3n) is 3.57. The van der Waals surface area contributed by atoms with Gasteiger partial charge in [-0.1, -0.05) is 24.4 Å². The molecule has 0 bridgehead atoms. The Balaban J connectivity index is 1.82. The molecule has 0 aromatic carbocycles. The summed E-state index contributed by atoms with van der Waals surface area (Å²) in [7, 11) is 1.58. The number of rotatable bonds is 8. The molecule has 1 aliphatic carbocycles. The highest BCUT2D eigenvalue weighted by Gasteiger charge is 2.15. The second kappa shape index (κ2) is 8.36. The van der Waals surface area contributed by atoms with Crippen molar-refractivity contribution in [3.05, 3.63) is 21.6 Å². The van der Waals surface area contributed by atoms with E-state index in [2.05, 4.69) is 10.4 Å². The Morgan fingerprint density at radius 1 is 1.43 bits per heavy atom. The fraction of sp³-hybridized carbons (Fsp3) is 0.714. The molecular weight excluding hydrogens is 294 g/mol. The molecule has 0 aliphatic heterocycles. The lowest BCUT2D eigenvalue weighted by molar-refractivity contribution is 0.0659. The fourth-order valence-electron chi connectivity index (χ4n) is 2.39. The van der Waals surface area contributed by atoms with Crippen LogP contribution in [0.2, 0.25) is 5.02 Å². The van der Waals surface area contributed by atoms with Crippen LogP contribution in [0.15, 0.2) is 11.0 Å². The number of methoxy groups -OCH3 is 1. The van der Waals surface area contributed by atoms with Gasteiger partial charge in [-0.15, -0.1) is 0 Å². The minimum atomic E-state index is -0.310. The molecule has 1 saturated carbocycles. The fourth-order valence-corrected chi connectivity index (χ4v) is 2.60. The highest BCUT2D eigenvalue weighted by atomic mass is 35.5. The first-order chi connectivity index (χ1) is 10.2. The van der Waals surface area contributed by atoms with Crippen LogP contribution in [0.25, 0.3) is 0 Å². The van der Waals surface area contributed by atoms with Crippen LogP contribution < -0.4 is 10.9 Å². The summed E-state index contributed by atoms with van der Waals surface area (Å²) in [6.45, 7) is 2.03. The van der Waals surface area contributed by atoms with E-state index in [-0.39, 0.29) is 10.6 Å². The third-order valence-corrected chi connectivity index (χ3v) is 3.93. The molecule has 1 aromatic rings. The molecule has 0 atom stereocenters. The molecule has 1 fully saturated rings. The van der Waals surface area contributed by atoms with Crippen LogP contribution in [0.1, 0.15) is 25.7 Å². The topological polar surface area (TPSA) is 65.4 Å². The normalized spacial score (nSPS) is 15.5. The molecule has 0 saturated heterocycles. The first-order valence-electron chi connectivity index (χ1n) is 7.32. The van der Waals surface area contributed by atoms with Crippen LogP contribution in [0.3, 0.4) is 0 Å². The minimum Gasteiger partial charge on any atom is -0.383 e. The lowest BCUT2D eigenvalue weighted by Crippen LogP contribution is -2.26. The van der Waals surface area contributed by atoms with E-state index >= 15 is 0 Å². The number of halogens is 1. The van der Waals surface area contributed by atoms with Gasteiger partial charge >= 0.3 is 0 Å². The van der Waals surface area contributed by atoms with Crippen molar-refractivity contribution in [3.63, 3.8) is 0 Å². The van der Waals surface area contributed by atoms with Gasteiger partial charge in [-0.2, -0.15) is 5.10 Å². The second-order valence-corrected chi connectivity index (χ2v) is 5.48. The maximum atomic E-state index is 12.0. The summed E-state index contributed by atoms with van der Waals surface area (Å²) < 4.78 is 12.0. The number of nitrogens with zero attached hydrogens (tertiary/aromatic N) is 2. The molecule has 21 heavy (non-hydrogen) atoms. The van der Waals surface area contributed by atoms with E-state index in [0.717, 1.165) is 12.8 Å². The van der Waals surface area contributed by atoms with E-state index in [9.17, 15) is 4.79 Å². The van der Waals surface area contributed by atoms with Crippen molar-refractivity contribution >= 4 is 17.3 Å². The Kier molecular flexibility index (Phi) is 6.48. The van der Waals surface area contributed by atoms with E-state index in [1.54, 1.807) is 13.3 Å². The quantitative estimate of drug-likeness (QED) is 0.742. The molecular formula is C14H22ClN3O3. The monoisotopic (exact) mass is 315 g/mol. The lowest BCUT2D eigenvalue weighted by atomic mass is 10.3. The number of hydrogen-bond donors (Lipinski definition) is 1. The summed E-state index contributed by atoms with van der Waals surface area (Å²) in [4.78, 5) is 12.0. The summed E-state index contributed by atoms with van der Waals surface area (Å²) in [5, 5.41) is 7.32. The van der Waals surface area contributed by atoms with E-state index in [1.165, 1.54) is 17.5 Å². The SMILES string of the molecule is COCCn1ncc(NCCOC2CCCC2)c(Cl)c1=O. The molecule has 1 heterocycles. The zero-order valence-electron chi connectivity index (χ0n) is 12.3. The number of aromatic nitrogens is 2. The van der Waals surface area contributed by atoms with Crippen LogP contribution in [0, 0.1) is 0 Å². The van der Waals surface area contributed by atoms with E-state index in [4.69, 9.17) is 21.1 Å². The molecule has 0 spiro atoms. The average Bonchev–Trinajstić information content (AvgIpc) is 3.00. The Labute approximate surface area is 129 Å². The first kappa shape index (κ1) is 16.3. The zero-order chi connectivity index (χ0) is 15.1. The molecule has 118 valence electrons. The van der Waals surface area contributed by atoms with Crippen LogP contribution in [0.5, 0.6) is 0 Å². The van der Waals surface area contributed by atoms with Crippen LogP contribution in [-0.2, 0) is 16.0 Å². The van der Waals surface area contributed by atoms with Gasteiger partial charge in [0.05, 0.1) is 37.7 Å². The highest BCUT2D eigenvalue weighted by Crippen LogP contribution is 2.20. The maximum Gasteiger partial charge on any atom is 0.287 e. The van der Waals surface area contributed by atoms with Crippen molar-refractivity contribution < 1.29 is 9.47 Å². The molecule has 0 unspecified atom stereocenters. The summed E-state index contributed by atoms with van der Waals surface area (Å²) in [6, 6.07) is 0. The van der Waals surface area contributed by atoms with Crippen molar-refractivity contribution in [2.24, 2.45) is 0 Å². The first-order valence-corrected chi connectivity index (χ1v) is 7.70. The van der Waals surface area contributed by atoms with Gasteiger partial charge in [0, 0.05) is 13.7 Å². The van der Waals surface area contributed by atoms with Gasteiger partial charge < -0.3 is 14.8 Å². The van der Waals surface area contributed by atoms with Crippen LogP contribution >= 0.6 is 11.6 Å². The minimum absolute atomic E-state index is 0.155. The van der Waals surface area contributed by atoms with Gasteiger partial charge in [0.15, 0.2) is 0 Å². The summed E-state index contributed by atoms with van der Waals surface area (Å²) in [5.41, 5.74) is 0.237. The average molecular weight is 316 g/mol. The second-order valence-electron chi connectivity index (χ2n) is 5.10. The molecule has 0 radical (unpaired) electrons. The molecule has 0 amide bonds. The van der Waals surface area contributed by atoms with Gasteiger partial charge in [-0.05, 0) is 12.8 Å². The van der Waals surface area contributed by atoms with Gasteiger partial charge in [-0.3, -0.25) is 4.79 Å². The zero-order valence-corrected chi connectivity index (χ0v) is 13.1. The summed E-state index contributed by atoms with van der Waals surface area (Å²) in [6.07, 6.45) is 6.77. The summed E-state index contributed by atoms with van der Waals surface area (Å²) >= 11 is 6.07. The number of anilines is 1. The van der Waals surface area contributed by atoms with Crippen molar-refractivity contribution in [2.75, 3.05) is 32.2 Å². The molecule has 1 aromatic heterocycles. The Morgan fingerprint density at radius 2 is 2.19 bits per heavy atom. The molecule has 1 N–H and O–H groups in total. The molecule has 7 heteroatoms.